The molecule has 180 valence electrons. The third kappa shape index (κ3) is 5.96. The Morgan fingerprint density at radius 1 is 0.914 bits per heavy atom. The molecule has 0 aliphatic carbocycles. The number of nitrogens with one attached hydrogen (secondary N) is 1. The average molecular weight is 471 g/mol. The molecule has 3 aromatic carbocycles. The van der Waals surface area contributed by atoms with Gasteiger partial charge in [-0.3, -0.25) is 14.6 Å². The molecule has 0 atom stereocenters. The van der Waals surface area contributed by atoms with Crippen molar-refractivity contribution in [1.82, 2.24) is 0 Å². The lowest BCUT2D eigenvalue weighted by Crippen LogP contribution is -2.30. The number of carbonyl (C=O) groups excluding carboxylic acids is 2. The van der Waals surface area contributed by atoms with Crippen molar-refractivity contribution in [2.24, 2.45) is 4.99 Å². The summed E-state index contributed by atoms with van der Waals surface area (Å²) >= 11 is 0. The molecule has 1 aliphatic heterocycles. The molecule has 6 nitrogen and oxygen atoms in total. The minimum absolute atomic E-state index is 0.0542. The maximum atomic E-state index is 13.2. The molecule has 0 radical (unpaired) electrons. The van der Waals surface area contributed by atoms with E-state index >= 15 is 0 Å². The van der Waals surface area contributed by atoms with Crippen LogP contribution in [0.3, 0.4) is 0 Å². The fourth-order valence-electron chi connectivity index (χ4n) is 4.33. The molecule has 35 heavy (non-hydrogen) atoms. The Kier molecular flexibility index (Phi) is 7.01. The Balaban J connectivity index is 1.48. The van der Waals surface area contributed by atoms with Crippen LogP contribution in [0, 0.1) is 0 Å². The standard InChI is InChI=1S/C29H30N2O4/c1-29(2)18-21-10-13-24(35-4)16-25(21)26(31-29)17-27(32)20-6-5-7-22(15-20)30-28(33)14-19-8-11-23(34-3)12-9-19/h5-13,15-16H,14,17-18H2,1-4H3,(H,30,33). The van der Waals surface area contributed by atoms with Crippen LogP contribution >= 0.6 is 0 Å². The van der Waals surface area contributed by atoms with Crippen LogP contribution in [0.25, 0.3) is 0 Å². The van der Waals surface area contributed by atoms with Gasteiger partial charge in [0.25, 0.3) is 0 Å². The highest BCUT2D eigenvalue weighted by Crippen LogP contribution is 2.31. The van der Waals surface area contributed by atoms with Gasteiger partial charge in [0.15, 0.2) is 5.78 Å². The Labute approximate surface area is 206 Å². The number of hydrogen-bond donors (Lipinski definition) is 1. The molecule has 0 saturated carbocycles. The van der Waals surface area contributed by atoms with Gasteiger partial charge in [0.05, 0.1) is 38.3 Å². The summed E-state index contributed by atoms with van der Waals surface area (Å²) in [5, 5.41) is 2.89. The molecule has 0 spiro atoms. The van der Waals surface area contributed by atoms with Crippen LogP contribution in [0.15, 0.2) is 71.7 Å². The topological polar surface area (TPSA) is 77.0 Å². The lowest BCUT2D eigenvalue weighted by atomic mass is 9.85. The molecule has 0 aromatic heterocycles. The van der Waals surface area contributed by atoms with E-state index in [4.69, 9.17) is 14.5 Å². The summed E-state index contributed by atoms with van der Waals surface area (Å²) in [5.74, 6) is 1.28. The molecule has 4 rings (SSSR count). The summed E-state index contributed by atoms with van der Waals surface area (Å²) < 4.78 is 10.5. The van der Waals surface area contributed by atoms with Crippen molar-refractivity contribution >= 4 is 23.1 Å². The number of methoxy groups -OCH3 is 2. The van der Waals surface area contributed by atoms with Crippen molar-refractivity contribution in [3.63, 3.8) is 0 Å². The van der Waals surface area contributed by atoms with Crippen LogP contribution < -0.4 is 14.8 Å². The second kappa shape index (κ2) is 10.1. The van der Waals surface area contributed by atoms with E-state index in [-0.39, 0.29) is 30.1 Å². The first-order chi connectivity index (χ1) is 16.8. The molecule has 0 bridgehead atoms. The van der Waals surface area contributed by atoms with Crippen molar-refractivity contribution in [2.75, 3.05) is 19.5 Å². The molecule has 0 fully saturated rings. The van der Waals surface area contributed by atoms with Crippen molar-refractivity contribution in [3.05, 3.63) is 89.0 Å². The summed E-state index contributed by atoms with van der Waals surface area (Å²) in [4.78, 5) is 30.7. The first kappa shape index (κ1) is 24.2. The summed E-state index contributed by atoms with van der Waals surface area (Å²) in [6, 6.07) is 20.4. The molecule has 6 heteroatoms. The maximum Gasteiger partial charge on any atom is 0.228 e. The maximum absolute atomic E-state index is 13.2. The molecule has 0 unspecified atom stereocenters. The van der Waals surface area contributed by atoms with Crippen LogP contribution in [0.5, 0.6) is 11.5 Å². The van der Waals surface area contributed by atoms with Gasteiger partial charge in [-0.25, -0.2) is 0 Å². The summed E-state index contributed by atoms with van der Waals surface area (Å²) in [7, 11) is 3.23. The van der Waals surface area contributed by atoms with E-state index in [1.165, 1.54) is 0 Å². The third-order valence-corrected chi connectivity index (χ3v) is 6.01. The van der Waals surface area contributed by atoms with E-state index in [1.807, 2.05) is 42.5 Å². The first-order valence-corrected chi connectivity index (χ1v) is 11.6. The highest BCUT2D eigenvalue weighted by atomic mass is 16.5. The number of carbonyl (C=O) groups is 2. The number of hydrogen-bond acceptors (Lipinski definition) is 5. The molecule has 3 aromatic rings. The van der Waals surface area contributed by atoms with E-state index in [9.17, 15) is 9.59 Å². The van der Waals surface area contributed by atoms with E-state index < -0.39 is 0 Å². The van der Waals surface area contributed by atoms with Gasteiger partial charge in [0.1, 0.15) is 11.5 Å². The monoisotopic (exact) mass is 470 g/mol. The van der Waals surface area contributed by atoms with E-state index in [2.05, 4.69) is 19.2 Å². The quantitative estimate of drug-likeness (QED) is 0.454. The lowest BCUT2D eigenvalue weighted by Gasteiger charge is -2.29. The van der Waals surface area contributed by atoms with Gasteiger partial charge in [-0.2, -0.15) is 0 Å². The lowest BCUT2D eigenvalue weighted by molar-refractivity contribution is -0.115. The summed E-state index contributed by atoms with van der Waals surface area (Å²) in [6.45, 7) is 4.15. The Morgan fingerprint density at radius 3 is 2.34 bits per heavy atom. The van der Waals surface area contributed by atoms with Crippen LogP contribution in [-0.4, -0.2) is 37.2 Å². The van der Waals surface area contributed by atoms with Crippen LogP contribution in [0.2, 0.25) is 0 Å². The predicted molar refractivity (Wildman–Crippen MR) is 138 cm³/mol. The predicted octanol–water partition coefficient (Wildman–Crippen LogP) is 5.28. The SMILES string of the molecule is COc1ccc(CC(=O)Nc2cccc(C(=O)CC3=NC(C)(C)Cc4ccc(OC)cc43)c2)cc1. The number of fused-ring (bicyclic) bond motifs is 1. The number of anilines is 1. The molecular weight excluding hydrogens is 440 g/mol. The number of benzene rings is 3. The number of nitrogens with zero attached hydrogens (tertiary/aromatic N) is 1. The highest BCUT2D eigenvalue weighted by molar-refractivity contribution is 6.17. The average Bonchev–Trinajstić information content (AvgIpc) is 2.83. The zero-order valence-corrected chi connectivity index (χ0v) is 20.6. The van der Waals surface area contributed by atoms with Gasteiger partial charge in [-0.1, -0.05) is 30.3 Å². The summed E-state index contributed by atoms with van der Waals surface area (Å²) in [6.07, 6.45) is 1.21. The zero-order chi connectivity index (χ0) is 25.0. The van der Waals surface area contributed by atoms with Gasteiger partial charge < -0.3 is 14.8 Å². The number of Topliss-reactive ketones (excluding diaryl/α,β-unsaturated/α-hetero) is 1. The van der Waals surface area contributed by atoms with Crippen molar-refractivity contribution in [2.45, 2.75) is 38.6 Å². The van der Waals surface area contributed by atoms with Crippen LogP contribution in [-0.2, 0) is 17.6 Å². The molecule has 1 amide bonds. The Morgan fingerprint density at radius 2 is 1.63 bits per heavy atom. The number of rotatable bonds is 8. The normalized spacial score (nSPS) is 13.9. The third-order valence-electron chi connectivity index (χ3n) is 6.01. The summed E-state index contributed by atoms with van der Waals surface area (Å²) in [5.41, 5.74) is 4.59. The molecule has 1 heterocycles. The van der Waals surface area contributed by atoms with Crippen molar-refractivity contribution in [3.8, 4) is 11.5 Å². The number of aliphatic imine (C=N–C) groups is 1. The van der Waals surface area contributed by atoms with Gasteiger partial charge in [0.2, 0.25) is 5.91 Å². The van der Waals surface area contributed by atoms with Crippen molar-refractivity contribution < 1.29 is 19.1 Å². The molecule has 1 N–H and O–H groups in total. The van der Waals surface area contributed by atoms with Gasteiger partial charge in [-0.05, 0) is 67.8 Å². The van der Waals surface area contributed by atoms with Crippen molar-refractivity contribution in [1.29, 1.82) is 0 Å². The first-order valence-electron chi connectivity index (χ1n) is 11.6. The number of ether oxygens (including phenoxy) is 2. The highest BCUT2D eigenvalue weighted by Gasteiger charge is 2.28. The van der Waals surface area contributed by atoms with E-state index in [1.54, 1.807) is 38.5 Å². The van der Waals surface area contributed by atoms with Crippen LogP contribution in [0.4, 0.5) is 5.69 Å². The molecular formula is C29H30N2O4. The van der Waals surface area contributed by atoms with E-state index in [0.29, 0.717) is 11.3 Å². The van der Waals surface area contributed by atoms with Gasteiger partial charge in [0, 0.05) is 16.8 Å². The minimum atomic E-state index is -0.283. The Bertz CT molecular complexity index is 1280. The largest absolute Gasteiger partial charge is 0.497 e. The fourth-order valence-corrected chi connectivity index (χ4v) is 4.33. The molecule has 1 aliphatic rings. The zero-order valence-electron chi connectivity index (χ0n) is 20.6. The second-order valence-electron chi connectivity index (χ2n) is 9.32. The Hall–Kier alpha value is -3.93. The minimum Gasteiger partial charge on any atom is -0.497 e. The van der Waals surface area contributed by atoms with Crippen LogP contribution in [0.1, 0.15) is 47.3 Å². The van der Waals surface area contributed by atoms with Gasteiger partial charge in [-0.15, -0.1) is 0 Å². The van der Waals surface area contributed by atoms with Gasteiger partial charge >= 0.3 is 0 Å². The van der Waals surface area contributed by atoms with E-state index in [0.717, 1.165) is 40.3 Å². The molecule has 0 saturated heterocycles. The second-order valence-corrected chi connectivity index (χ2v) is 9.32. The fraction of sp³-hybridized carbons (Fsp3) is 0.276. The smallest absolute Gasteiger partial charge is 0.228 e. The number of ketones is 1. The number of amides is 1.